The maximum Gasteiger partial charge on any atom is 0.472 e. The maximum atomic E-state index is 12.7. The molecule has 2 unspecified atom stereocenters. The Hall–Kier alpha value is -1.28. The van der Waals surface area contributed by atoms with Gasteiger partial charge in [0.15, 0.2) is 0 Å². The molecule has 0 aromatic carbocycles. The molecular weight excluding hydrogens is 770 g/mol. The Kier molecular flexibility index (Phi) is 43.4. The van der Waals surface area contributed by atoms with Crippen LogP contribution in [0.1, 0.15) is 226 Å². The highest BCUT2D eigenvalue weighted by Gasteiger charge is 2.26. The highest BCUT2D eigenvalue weighted by atomic mass is 31.2. The first-order chi connectivity index (χ1) is 29.1. The SMILES string of the molecule is CCCCC/C=C\C/C=C\CCCCCCCCCCCCOCC(COP(=O)(O)OCC[N+](C)(C)C)OC(=O)CCCCCCCCC/C=C\CCCCCCCCC. The van der Waals surface area contributed by atoms with Gasteiger partial charge in [-0.3, -0.25) is 13.8 Å². The van der Waals surface area contributed by atoms with Crippen molar-refractivity contribution >= 4 is 13.8 Å². The number of ether oxygens (including phenoxy) is 2. The predicted octanol–water partition coefficient (Wildman–Crippen LogP) is 15.3. The molecule has 0 saturated carbocycles. The fourth-order valence-electron chi connectivity index (χ4n) is 6.99. The third kappa shape index (κ3) is 47.8. The molecule has 0 saturated heterocycles. The van der Waals surface area contributed by atoms with E-state index in [1.807, 2.05) is 21.1 Å². The maximum absolute atomic E-state index is 12.7. The zero-order valence-corrected chi connectivity index (χ0v) is 41.1. The van der Waals surface area contributed by atoms with E-state index in [-0.39, 0.29) is 25.8 Å². The summed E-state index contributed by atoms with van der Waals surface area (Å²) >= 11 is 0. The van der Waals surface area contributed by atoms with Crippen LogP contribution in [0.2, 0.25) is 0 Å². The second-order valence-corrected chi connectivity index (χ2v) is 19.6. The average molecular weight is 869 g/mol. The highest BCUT2D eigenvalue weighted by molar-refractivity contribution is 7.47. The largest absolute Gasteiger partial charge is 0.472 e. The summed E-state index contributed by atoms with van der Waals surface area (Å²) in [6, 6.07) is 0. The summed E-state index contributed by atoms with van der Waals surface area (Å²) in [4.78, 5) is 23.0. The summed E-state index contributed by atoms with van der Waals surface area (Å²) in [6.45, 7) is 5.61. The Morgan fingerprint density at radius 1 is 0.517 bits per heavy atom. The second-order valence-electron chi connectivity index (χ2n) is 18.2. The van der Waals surface area contributed by atoms with Gasteiger partial charge in [0, 0.05) is 13.0 Å². The number of allylic oxidation sites excluding steroid dienone is 6. The lowest BCUT2D eigenvalue weighted by atomic mass is 10.1. The minimum absolute atomic E-state index is 0.0875. The molecule has 0 amide bonds. The number of carbonyl (C=O) groups excluding carboxylic acids is 1. The van der Waals surface area contributed by atoms with Crippen molar-refractivity contribution < 1.29 is 37.3 Å². The van der Waals surface area contributed by atoms with Crippen molar-refractivity contribution in [3.05, 3.63) is 36.5 Å². The van der Waals surface area contributed by atoms with Crippen molar-refractivity contribution in [2.45, 2.75) is 232 Å². The molecule has 2 atom stereocenters. The van der Waals surface area contributed by atoms with Gasteiger partial charge >= 0.3 is 13.8 Å². The molecule has 0 aliphatic carbocycles. The molecule has 0 aromatic heterocycles. The number of unbranched alkanes of at least 4 members (excludes halogenated alkanes) is 27. The molecule has 0 radical (unpaired) electrons. The summed E-state index contributed by atoms with van der Waals surface area (Å²) in [5, 5.41) is 0. The van der Waals surface area contributed by atoms with E-state index >= 15 is 0 Å². The van der Waals surface area contributed by atoms with Crippen LogP contribution in [0.5, 0.6) is 0 Å². The first-order valence-electron chi connectivity index (χ1n) is 25.2. The molecule has 0 heterocycles. The fourth-order valence-corrected chi connectivity index (χ4v) is 7.73. The summed E-state index contributed by atoms with van der Waals surface area (Å²) in [6.07, 6.45) is 53.2. The lowest BCUT2D eigenvalue weighted by Crippen LogP contribution is -2.37. The molecule has 0 aliphatic rings. The Morgan fingerprint density at radius 2 is 0.917 bits per heavy atom. The number of carbonyl (C=O) groups is 1. The Bertz CT molecular complexity index is 1060. The van der Waals surface area contributed by atoms with Gasteiger partial charge in [-0.2, -0.15) is 0 Å². The Balaban J connectivity index is 4.15. The average Bonchev–Trinajstić information content (AvgIpc) is 3.20. The molecule has 0 aromatic rings. The molecule has 0 aliphatic heterocycles. The van der Waals surface area contributed by atoms with Gasteiger partial charge in [-0.15, -0.1) is 0 Å². The van der Waals surface area contributed by atoms with E-state index in [0.717, 1.165) is 38.5 Å². The van der Waals surface area contributed by atoms with Crippen LogP contribution in [-0.4, -0.2) is 75.6 Å². The minimum atomic E-state index is -4.28. The lowest BCUT2D eigenvalue weighted by molar-refractivity contribution is -0.870. The van der Waals surface area contributed by atoms with E-state index in [9.17, 15) is 14.3 Å². The highest BCUT2D eigenvalue weighted by Crippen LogP contribution is 2.43. The summed E-state index contributed by atoms with van der Waals surface area (Å²) in [5.74, 6) is -0.317. The van der Waals surface area contributed by atoms with Gasteiger partial charge in [-0.05, 0) is 70.6 Å². The first kappa shape index (κ1) is 58.7. The minimum Gasteiger partial charge on any atom is -0.457 e. The van der Waals surface area contributed by atoms with Crippen molar-refractivity contribution in [1.29, 1.82) is 0 Å². The number of likely N-dealkylation sites (N-methyl/N-ethyl adjacent to an activating group) is 1. The van der Waals surface area contributed by atoms with Gasteiger partial charge in [0.05, 0.1) is 34.4 Å². The quantitative estimate of drug-likeness (QED) is 0.0214. The topological polar surface area (TPSA) is 91.3 Å². The number of esters is 1. The third-order valence-corrected chi connectivity index (χ3v) is 11.9. The molecular formula is C51H99NO7P+. The van der Waals surface area contributed by atoms with Gasteiger partial charge in [-0.1, -0.05) is 185 Å². The number of phosphoric acid groups is 1. The lowest BCUT2D eigenvalue weighted by Gasteiger charge is -2.24. The van der Waals surface area contributed by atoms with Crippen LogP contribution < -0.4 is 0 Å². The molecule has 60 heavy (non-hydrogen) atoms. The van der Waals surface area contributed by atoms with Crippen molar-refractivity contribution in [2.75, 3.05) is 54.1 Å². The van der Waals surface area contributed by atoms with Crippen LogP contribution in [0, 0.1) is 0 Å². The molecule has 0 fully saturated rings. The standard InChI is InChI=1S/C51H98NO7P/c1-6-8-10-12-14-16-18-20-22-24-26-27-29-31-33-35-37-39-41-43-46-56-48-50(49-58-60(54,55)57-47-45-52(3,4)5)59-51(53)44-42-40-38-36-34-32-30-28-25-23-21-19-17-15-13-11-9-7-2/h14,16,20,22-23,25,50H,6-13,15,17-19,21,24,26-49H2,1-5H3/p+1/b16-14-,22-20-,25-23-. The van der Waals surface area contributed by atoms with Crippen LogP contribution in [0.3, 0.4) is 0 Å². The van der Waals surface area contributed by atoms with Gasteiger partial charge in [-0.25, -0.2) is 4.57 Å². The second kappa shape index (κ2) is 44.3. The number of phosphoric ester groups is 1. The van der Waals surface area contributed by atoms with Crippen LogP contribution in [0.25, 0.3) is 0 Å². The summed E-state index contributed by atoms with van der Waals surface area (Å²) in [5.41, 5.74) is 0. The molecule has 0 rings (SSSR count). The summed E-state index contributed by atoms with van der Waals surface area (Å²) in [7, 11) is 1.67. The van der Waals surface area contributed by atoms with E-state index in [1.54, 1.807) is 0 Å². The van der Waals surface area contributed by atoms with Crippen molar-refractivity contribution in [3.63, 3.8) is 0 Å². The van der Waals surface area contributed by atoms with Gasteiger partial charge < -0.3 is 18.9 Å². The van der Waals surface area contributed by atoms with Crippen molar-refractivity contribution in [2.24, 2.45) is 0 Å². The number of hydrogen-bond acceptors (Lipinski definition) is 6. The Morgan fingerprint density at radius 3 is 1.40 bits per heavy atom. The smallest absolute Gasteiger partial charge is 0.457 e. The van der Waals surface area contributed by atoms with E-state index in [4.69, 9.17) is 18.5 Å². The van der Waals surface area contributed by atoms with Crippen LogP contribution in [0.4, 0.5) is 0 Å². The molecule has 0 spiro atoms. The normalized spacial score (nSPS) is 13.9. The van der Waals surface area contributed by atoms with Crippen LogP contribution in [0.15, 0.2) is 36.5 Å². The summed E-state index contributed by atoms with van der Waals surface area (Å²) < 4.78 is 35.1. The number of rotatable bonds is 47. The van der Waals surface area contributed by atoms with E-state index in [0.29, 0.717) is 24.1 Å². The van der Waals surface area contributed by atoms with Crippen molar-refractivity contribution in [1.82, 2.24) is 0 Å². The third-order valence-electron chi connectivity index (χ3n) is 10.9. The molecule has 0 bridgehead atoms. The van der Waals surface area contributed by atoms with Crippen molar-refractivity contribution in [3.8, 4) is 0 Å². The van der Waals surface area contributed by atoms with Crippen LogP contribution in [-0.2, 0) is 27.9 Å². The molecule has 1 N–H and O–H groups in total. The zero-order valence-electron chi connectivity index (χ0n) is 40.2. The van der Waals surface area contributed by atoms with E-state index < -0.39 is 13.9 Å². The van der Waals surface area contributed by atoms with Gasteiger partial charge in [0.1, 0.15) is 19.3 Å². The molecule has 9 heteroatoms. The monoisotopic (exact) mass is 869 g/mol. The number of quaternary nitrogens is 1. The predicted molar refractivity (Wildman–Crippen MR) is 256 cm³/mol. The Labute approximate surface area is 372 Å². The van der Waals surface area contributed by atoms with E-state index in [1.165, 1.54) is 167 Å². The first-order valence-corrected chi connectivity index (χ1v) is 26.7. The van der Waals surface area contributed by atoms with Gasteiger partial charge in [0.2, 0.25) is 0 Å². The molecule has 354 valence electrons. The fraction of sp³-hybridized carbons (Fsp3) is 0.863. The number of nitrogens with zero attached hydrogens (tertiary/aromatic N) is 1. The van der Waals surface area contributed by atoms with Crippen LogP contribution >= 0.6 is 7.82 Å². The van der Waals surface area contributed by atoms with Gasteiger partial charge in [0.25, 0.3) is 0 Å². The molecule has 8 nitrogen and oxygen atoms in total. The zero-order chi connectivity index (χ0) is 44.1. The van der Waals surface area contributed by atoms with E-state index in [2.05, 4.69) is 50.3 Å². The number of hydrogen-bond donors (Lipinski definition) is 1.